The summed E-state index contributed by atoms with van der Waals surface area (Å²) < 4.78 is 1.80. The van der Waals surface area contributed by atoms with Crippen molar-refractivity contribution in [1.82, 2.24) is 20.1 Å². The van der Waals surface area contributed by atoms with Crippen LogP contribution in [0.1, 0.15) is 42.7 Å². The largest absolute Gasteiger partial charge is 0.343 e. The number of nitrogens with zero attached hydrogens (tertiary/aromatic N) is 3. The highest BCUT2D eigenvalue weighted by molar-refractivity contribution is 6.00. The standard InChI is InChI=1S/C20H23N5O2/c1-4-14-7-5-6-8-17(14)24-18(26)12-22-20(27)16-9-15-11-23-25(13(2)3)19(15)21-10-16/h5-11,13H,4,12H2,1-3H3,(H,22,27)(H,24,26). The predicted molar refractivity (Wildman–Crippen MR) is 105 cm³/mol. The number of para-hydroxylation sites is 1. The van der Waals surface area contributed by atoms with Crippen molar-refractivity contribution in [3.8, 4) is 0 Å². The molecule has 0 aliphatic carbocycles. The van der Waals surface area contributed by atoms with E-state index in [0.717, 1.165) is 28.7 Å². The summed E-state index contributed by atoms with van der Waals surface area (Å²) in [6.07, 6.45) is 4.01. The number of benzene rings is 1. The molecule has 0 spiro atoms. The van der Waals surface area contributed by atoms with E-state index < -0.39 is 0 Å². The minimum Gasteiger partial charge on any atom is -0.343 e. The quantitative estimate of drug-likeness (QED) is 0.703. The Morgan fingerprint density at radius 1 is 1.19 bits per heavy atom. The van der Waals surface area contributed by atoms with Gasteiger partial charge in [-0.3, -0.25) is 9.59 Å². The SMILES string of the molecule is CCc1ccccc1NC(=O)CNC(=O)c1cnc2c(cnn2C(C)C)c1. The Morgan fingerprint density at radius 3 is 2.70 bits per heavy atom. The van der Waals surface area contributed by atoms with E-state index in [0.29, 0.717) is 5.56 Å². The number of fused-ring (bicyclic) bond motifs is 1. The van der Waals surface area contributed by atoms with E-state index >= 15 is 0 Å². The average Bonchev–Trinajstić information content (AvgIpc) is 3.10. The van der Waals surface area contributed by atoms with Crippen LogP contribution in [-0.4, -0.2) is 33.1 Å². The predicted octanol–water partition coefficient (Wildman–Crippen LogP) is 2.94. The van der Waals surface area contributed by atoms with Crippen molar-refractivity contribution in [2.75, 3.05) is 11.9 Å². The monoisotopic (exact) mass is 365 g/mol. The fourth-order valence-electron chi connectivity index (χ4n) is 2.85. The molecule has 2 aromatic heterocycles. The summed E-state index contributed by atoms with van der Waals surface area (Å²) in [6.45, 7) is 5.95. The molecule has 2 heterocycles. The highest BCUT2D eigenvalue weighted by Crippen LogP contribution is 2.17. The Labute approximate surface area is 157 Å². The molecule has 7 heteroatoms. The minimum atomic E-state index is -0.347. The van der Waals surface area contributed by atoms with Gasteiger partial charge in [0.1, 0.15) is 0 Å². The molecule has 140 valence electrons. The zero-order chi connectivity index (χ0) is 19.4. The van der Waals surface area contributed by atoms with Gasteiger partial charge in [-0.15, -0.1) is 0 Å². The van der Waals surface area contributed by atoms with E-state index in [4.69, 9.17) is 0 Å². The number of anilines is 1. The molecule has 0 saturated carbocycles. The molecule has 1 aromatic carbocycles. The molecule has 0 aliphatic heterocycles. The topological polar surface area (TPSA) is 88.9 Å². The van der Waals surface area contributed by atoms with E-state index in [1.54, 1.807) is 16.9 Å². The molecule has 0 bridgehead atoms. The third kappa shape index (κ3) is 4.13. The Bertz CT molecular complexity index is 977. The second-order valence-electron chi connectivity index (χ2n) is 6.56. The third-order valence-electron chi connectivity index (χ3n) is 4.27. The van der Waals surface area contributed by atoms with Gasteiger partial charge in [0.2, 0.25) is 5.91 Å². The summed E-state index contributed by atoms with van der Waals surface area (Å²) >= 11 is 0. The summed E-state index contributed by atoms with van der Waals surface area (Å²) in [4.78, 5) is 28.8. The van der Waals surface area contributed by atoms with Crippen LogP contribution >= 0.6 is 0 Å². The number of aryl methyl sites for hydroxylation is 1. The summed E-state index contributed by atoms with van der Waals surface area (Å²) in [7, 11) is 0. The molecular weight excluding hydrogens is 342 g/mol. The Balaban J connectivity index is 1.63. The van der Waals surface area contributed by atoms with Crippen molar-refractivity contribution >= 4 is 28.5 Å². The van der Waals surface area contributed by atoms with E-state index in [2.05, 4.69) is 20.7 Å². The van der Waals surface area contributed by atoms with E-state index in [-0.39, 0.29) is 24.4 Å². The zero-order valence-corrected chi connectivity index (χ0v) is 15.7. The fraction of sp³-hybridized carbons (Fsp3) is 0.300. The van der Waals surface area contributed by atoms with Crippen LogP contribution < -0.4 is 10.6 Å². The number of carbonyl (C=O) groups is 2. The Morgan fingerprint density at radius 2 is 1.96 bits per heavy atom. The second-order valence-corrected chi connectivity index (χ2v) is 6.56. The number of rotatable bonds is 6. The zero-order valence-electron chi connectivity index (χ0n) is 15.7. The van der Waals surface area contributed by atoms with Crippen LogP contribution in [0, 0.1) is 0 Å². The summed E-state index contributed by atoms with van der Waals surface area (Å²) in [5, 5.41) is 10.5. The van der Waals surface area contributed by atoms with Gasteiger partial charge in [0.05, 0.1) is 18.3 Å². The lowest BCUT2D eigenvalue weighted by Gasteiger charge is -2.10. The summed E-state index contributed by atoms with van der Waals surface area (Å²) in [5.41, 5.74) is 2.94. The molecule has 0 radical (unpaired) electrons. The highest BCUT2D eigenvalue weighted by atomic mass is 16.2. The first-order valence-corrected chi connectivity index (χ1v) is 8.98. The first-order chi connectivity index (χ1) is 13.0. The van der Waals surface area contributed by atoms with Crippen LogP contribution in [0.15, 0.2) is 42.7 Å². The highest BCUT2D eigenvalue weighted by Gasteiger charge is 2.13. The van der Waals surface area contributed by atoms with Crippen molar-refractivity contribution in [2.45, 2.75) is 33.2 Å². The van der Waals surface area contributed by atoms with Crippen LogP contribution in [-0.2, 0) is 11.2 Å². The number of hydrogen-bond donors (Lipinski definition) is 2. The van der Waals surface area contributed by atoms with Gasteiger partial charge >= 0.3 is 0 Å². The van der Waals surface area contributed by atoms with Crippen LogP contribution in [0.3, 0.4) is 0 Å². The maximum atomic E-state index is 12.4. The molecule has 0 aliphatic rings. The molecule has 7 nitrogen and oxygen atoms in total. The van der Waals surface area contributed by atoms with Crippen molar-refractivity contribution in [3.63, 3.8) is 0 Å². The van der Waals surface area contributed by atoms with Gasteiger partial charge in [0, 0.05) is 23.3 Å². The van der Waals surface area contributed by atoms with Crippen molar-refractivity contribution in [3.05, 3.63) is 53.9 Å². The van der Waals surface area contributed by atoms with E-state index in [1.165, 1.54) is 6.20 Å². The molecule has 27 heavy (non-hydrogen) atoms. The van der Waals surface area contributed by atoms with Gasteiger partial charge in [0.25, 0.3) is 5.91 Å². The number of carbonyl (C=O) groups excluding carboxylic acids is 2. The second kappa shape index (κ2) is 7.99. The molecule has 3 rings (SSSR count). The molecule has 0 atom stereocenters. The number of amides is 2. The van der Waals surface area contributed by atoms with Crippen LogP contribution in [0.2, 0.25) is 0 Å². The Kier molecular flexibility index (Phi) is 5.49. The third-order valence-corrected chi connectivity index (χ3v) is 4.27. The molecular formula is C20H23N5O2. The molecule has 0 unspecified atom stereocenters. The van der Waals surface area contributed by atoms with Crippen molar-refractivity contribution < 1.29 is 9.59 Å². The first-order valence-electron chi connectivity index (χ1n) is 8.98. The maximum Gasteiger partial charge on any atom is 0.253 e. The normalized spacial score (nSPS) is 11.0. The van der Waals surface area contributed by atoms with Gasteiger partial charge in [0.15, 0.2) is 5.65 Å². The lowest BCUT2D eigenvalue weighted by molar-refractivity contribution is -0.115. The fourth-order valence-corrected chi connectivity index (χ4v) is 2.85. The molecule has 3 aromatic rings. The van der Waals surface area contributed by atoms with Gasteiger partial charge in [-0.2, -0.15) is 5.10 Å². The first kappa shape index (κ1) is 18.6. The summed E-state index contributed by atoms with van der Waals surface area (Å²) in [5.74, 6) is -0.619. The molecule has 0 fully saturated rings. The summed E-state index contributed by atoms with van der Waals surface area (Å²) in [6, 6.07) is 9.53. The molecule has 2 amide bonds. The number of pyridine rings is 1. The Hall–Kier alpha value is -3.22. The van der Waals surface area contributed by atoms with Crippen molar-refractivity contribution in [2.24, 2.45) is 0 Å². The average molecular weight is 365 g/mol. The van der Waals surface area contributed by atoms with Crippen LogP contribution in [0.25, 0.3) is 11.0 Å². The maximum absolute atomic E-state index is 12.4. The van der Waals surface area contributed by atoms with E-state index in [9.17, 15) is 9.59 Å². The number of aromatic nitrogens is 3. The lowest BCUT2D eigenvalue weighted by atomic mass is 10.1. The van der Waals surface area contributed by atoms with Gasteiger partial charge < -0.3 is 10.6 Å². The van der Waals surface area contributed by atoms with Gasteiger partial charge in [-0.25, -0.2) is 9.67 Å². The van der Waals surface area contributed by atoms with Gasteiger partial charge in [-0.05, 0) is 38.0 Å². The van der Waals surface area contributed by atoms with Gasteiger partial charge in [-0.1, -0.05) is 25.1 Å². The lowest BCUT2D eigenvalue weighted by Crippen LogP contribution is -2.33. The smallest absolute Gasteiger partial charge is 0.253 e. The molecule has 2 N–H and O–H groups in total. The van der Waals surface area contributed by atoms with E-state index in [1.807, 2.05) is 45.0 Å². The molecule has 0 saturated heterocycles. The number of hydrogen-bond acceptors (Lipinski definition) is 4. The minimum absolute atomic E-state index is 0.111. The van der Waals surface area contributed by atoms with Crippen LogP contribution in [0.4, 0.5) is 5.69 Å². The number of nitrogens with one attached hydrogen (secondary N) is 2. The van der Waals surface area contributed by atoms with Crippen molar-refractivity contribution in [1.29, 1.82) is 0 Å². The van der Waals surface area contributed by atoms with Crippen LogP contribution in [0.5, 0.6) is 0 Å².